The summed E-state index contributed by atoms with van der Waals surface area (Å²) >= 11 is 7.25. The maximum Gasteiger partial charge on any atom is 0.333 e. The van der Waals surface area contributed by atoms with Crippen molar-refractivity contribution in [1.29, 1.82) is 0 Å². The zero-order chi connectivity index (χ0) is 16.3. The summed E-state index contributed by atoms with van der Waals surface area (Å²) in [6.45, 7) is 9.82. The van der Waals surface area contributed by atoms with Gasteiger partial charge < -0.3 is 9.64 Å². The number of unbranched alkanes of at least 4 members (excludes halogenated alkanes) is 1. The number of amides is 1. The smallest absolute Gasteiger partial charge is 0.333 e. The first-order chi connectivity index (χ1) is 10.5. The third-order valence-corrected chi connectivity index (χ3v) is 5.12. The van der Waals surface area contributed by atoms with Crippen molar-refractivity contribution in [2.45, 2.75) is 37.2 Å². The molecule has 2 aliphatic rings. The third-order valence-electron chi connectivity index (χ3n) is 3.54. The Kier molecular flexibility index (Phi) is 5.69. The average molecular weight is 343 g/mol. The summed E-state index contributed by atoms with van der Waals surface area (Å²) in [5, 5.41) is 0.504. The minimum atomic E-state index is -0.838. The van der Waals surface area contributed by atoms with Gasteiger partial charge in [0, 0.05) is 5.88 Å². The maximum absolute atomic E-state index is 12.3. The van der Waals surface area contributed by atoms with Crippen LogP contribution in [0.4, 0.5) is 0 Å². The highest BCUT2D eigenvalue weighted by atomic mass is 35.5. The monoisotopic (exact) mass is 342 g/mol. The van der Waals surface area contributed by atoms with Crippen molar-refractivity contribution in [2.24, 2.45) is 4.99 Å². The first-order valence-electron chi connectivity index (χ1n) is 7.14. The minimum Gasteiger partial charge on any atom is -0.464 e. The molecule has 1 amide bonds. The van der Waals surface area contributed by atoms with E-state index in [0.717, 1.165) is 12.8 Å². The molecule has 22 heavy (non-hydrogen) atoms. The molecule has 1 fully saturated rings. The maximum atomic E-state index is 12.3. The highest BCUT2D eigenvalue weighted by Crippen LogP contribution is 2.41. The molecule has 5 nitrogen and oxygen atoms in total. The number of esters is 1. The quantitative estimate of drug-likeness (QED) is 0.223. The minimum absolute atomic E-state index is 0.0918. The fourth-order valence-corrected chi connectivity index (χ4v) is 3.63. The van der Waals surface area contributed by atoms with Crippen LogP contribution in [0, 0.1) is 0 Å². The van der Waals surface area contributed by atoms with E-state index in [4.69, 9.17) is 16.3 Å². The number of alkyl halides is 1. The molecule has 7 heteroatoms. The molecule has 0 aliphatic carbocycles. The Labute approximate surface area is 139 Å². The molecule has 3 unspecified atom stereocenters. The second kappa shape index (κ2) is 7.33. The summed E-state index contributed by atoms with van der Waals surface area (Å²) in [6.07, 6.45) is 3.32. The topological polar surface area (TPSA) is 59.0 Å². The summed E-state index contributed by atoms with van der Waals surface area (Å²) in [5.41, 5.74) is 0.461. The number of likely N-dealkylation sites (tertiary alicyclic amines) is 1. The number of carbonyl (C=O) groups is 2. The van der Waals surface area contributed by atoms with E-state index < -0.39 is 18.1 Å². The molecule has 1 saturated heterocycles. The van der Waals surface area contributed by atoms with Gasteiger partial charge in [-0.05, 0) is 18.1 Å². The molecule has 3 atom stereocenters. The van der Waals surface area contributed by atoms with Gasteiger partial charge in [0.2, 0.25) is 0 Å². The molecule has 0 aromatic carbocycles. The second-order valence-corrected chi connectivity index (χ2v) is 6.49. The predicted octanol–water partition coefficient (Wildman–Crippen LogP) is 2.36. The zero-order valence-corrected chi connectivity index (χ0v) is 14.0. The van der Waals surface area contributed by atoms with E-state index >= 15 is 0 Å². The third kappa shape index (κ3) is 3.08. The Morgan fingerprint density at radius 1 is 1.64 bits per heavy atom. The lowest BCUT2D eigenvalue weighted by Crippen LogP contribution is -2.66. The van der Waals surface area contributed by atoms with E-state index in [1.165, 1.54) is 16.7 Å². The average Bonchev–Trinajstić information content (AvgIpc) is 2.91. The second-order valence-electron chi connectivity index (χ2n) is 5.09. The Balaban J connectivity index is 2.11. The summed E-state index contributed by atoms with van der Waals surface area (Å²) in [4.78, 5) is 30.4. The van der Waals surface area contributed by atoms with Crippen molar-refractivity contribution in [1.82, 2.24) is 4.90 Å². The van der Waals surface area contributed by atoms with E-state index in [0.29, 0.717) is 17.2 Å². The highest BCUT2D eigenvalue weighted by Gasteiger charge is 2.56. The number of β-lactam (4-membered cyclic amide) rings is 1. The van der Waals surface area contributed by atoms with Crippen molar-refractivity contribution < 1.29 is 14.3 Å². The molecule has 2 heterocycles. The number of thioether (sulfide) groups is 1. The molecule has 120 valence electrons. The van der Waals surface area contributed by atoms with Crippen molar-refractivity contribution in [3.05, 3.63) is 24.8 Å². The van der Waals surface area contributed by atoms with Crippen LogP contribution < -0.4 is 0 Å². The highest BCUT2D eigenvalue weighted by molar-refractivity contribution is 8.15. The van der Waals surface area contributed by atoms with Crippen molar-refractivity contribution in [3.8, 4) is 0 Å². The SMILES string of the molecule is C=CC1=NC2C(=O)N(C(C(=C)CCl)C(=O)OCCCC)C2S1. The van der Waals surface area contributed by atoms with Crippen LogP contribution in [0.15, 0.2) is 29.8 Å². The lowest BCUT2D eigenvalue weighted by molar-refractivity contribution is -0.161. The zero-order valence-electron chi connectivity index (χ0n) is 12.5. The number of aliphatic imine (C=N–C) groups is 1. The van der Waals surface area contributed by atoms with E-state index in [1.807, 2.05) is 6.92 Å². The number of hydrogen-bond acceptors (Lipinski definition) is 5. The van der Waals surface area contributed by atoms with Gasteiger partial charge >= 0.3 is 5.97 Å². The van der Waals surface area contributed by atoms with Crippen LogP contribution in [0.5, 0.6) is 0 Å². The van der Waals surface area contributed by atoms with Gasteiger partial charge in [0.15, 0.2) is 12.1 Å². The van der Waals surface area contributed by atoms with Gasteiger partial charge in [-0.15, -0.1) is 11.6 Å². The van der Waals surface area contributed by atoms with Crippen LogP contribution in [0.25, 0.3) is 0 Å². The largest absolute Gasteiger partial charge is 0.464 e. The van der Waals surface area contributed by atoms with Crippen LogP contribution in [-0.4, -0.2) is 51.8 Å². The number of fused-ring (bicyclic) bond motifs is 1. The van der Waals surface area contributed by atoms with Gasteiger partial charge in [-0.3, -0.25) is 9.79 Å². The van der Waals surface area contributed by atoms with E-state index in [2.05, 4.69) is 18.2 Å². The first-order valence-corrected chi connectivity index (χ1v) is 8.55. The molecule has 0 saturated carbocycles. The van der Waals surface area contributed by atoms with Crippen LogP contribution in [0.1, 0.15) is 19.8 Å². The normalized spacial score (nSPS) is 24.2. The molecule has 0 bridgehead atoms. The summed E-state index contributed by atoms with van der Waals surface area (Å²) < 4.78 is 5.26. The summed E-state index contributed by atoms with van der Waals surface area (Å²) in [6, 6.07) is -1.28. The molecule has 0 aromatic heterocycles. The standard InChI is InChI=1S/C15H19ClN2O3S/c1-4-6-7-21-15(20)12(9(3)8-16)18-13(19)11-14(18)22-10(5-2)17-11/h5,11-12,14H,2-4,6-8H2,1H3. The molecule has 0 N–H and O–H groups in total. The Bertz CT molecular complexity index is 535. The molecular formula is C15H19ClN2O3S. The molecular weight excluding hydrogens is 324 g/mol. The lowest BCUT2D eigenvalue weighted by Gasteiger charge is -2.45. The molecule has 0 spiro atoms. The Hall–Kier alpha value is -1.27. The fourth-order valence-electron chi connectivity index (χ4n) is 2.32. The Morgan fingerprint density at radius 2 is 2.36 bits per heavy atom. The lowest BCUT2D eigenvalue weighted by atomic mass is 10.00. The van der Waals surface area contributed by atoms with Crippen molar-refractivity contribution >= 4 is 40.3 Å². The number of ether oxygens (including phenoxy) is 1. The van der Waals surface area contributed by atoms with E-state index in [9.17, 15) is 9.59 Å². The van der Waals surface area contributed by atoms with Gasteiger partial charge in [-0.1, -0.05) is 38.3 Å². The van der Waals surface area contributed by atoms with E-state index in [1.54, 1.807) is 6.08 Å². The Morgan fingerprint density at radius 3 is 2.95 bits per heavy atom. The van der Waals surface area contributed by atoms with Crippen molar-refractivity contribution in [2.75, 3.05) is 12.5 Å². The predicted molar refractivity (Wildman–Crippen MR) is 89.2 cm³/mol. The number of hydrogen-bond donors (Lipinski definition) is 0. The summed E-state index contributed by atoms with van der Waals surface area (Å²) in [7, 11) is 0. The van der Waals surface area contributed by atoms with Gasteiger partial charge in [0.05, 0.1) is 11.7 Å². The number of halogens is 1. The van der Waals surface area contributed by atoms with Crippen molar-refractivity contribution in [3.63, 3.8) is 0 Å². The molecule has 0 radical (unpaired) electrons. The molecule has 0 aromatic rings. The van der Waals surface area contributed by atoms with Crippen LogP contribution >= 0.6 is 23.4 Å². The van der Waals surface area contributed by atoms with Crippen LogP contribution in [0.3, 0.4) is 0 Å². The first kappa shape index (κ1) is 17.1. The van der Waals surface area contributed by atoms with Crippen LogP contribution in [-0.2, 0) is 14.3 Å². The van der Waals surface area contributed by atoms with Gasteiger partial charge in [0.1, 0.15) is 5.37 Å². The van der Waals surface area contributed by atoms with E-state index in [-0.39, 0.29) is 17.2 Å². The summed E-state index contributed by atoms with van der Waals surface area (Å²) in [5.74, 6) is -0.578. The fraction of sp³-hybridized carbons (Fsp3) is 0.533. The molecule has 2 rings (SSSR count). The van der Waals surface area contributed by atoms with Gasteiger partial charge in [-0.2, -0.15) is 0 Å². The van der Waals surface area contributed by atoms with Gasteiger partial charge in [0.25, 0.3) is 5.91 Å². The van der Waals surface area contributed by atoms with Crippen LogP contribution in [0.2, 0.25) is 0 Å². The molecule has 2 aliphatic heterocycles. The number of nitrogens with zero attached hydrogens (tertiary/aromatic N) is 2. The number of rotatable bonds is 8. The number of carbonyl (C=O) groups excluding carboxylic acids is 2. The van der Waals surface area contributed by atoms with Gasteiger partial charge in [-0.25, -0.2) is 4.79 Å².